The number of fused-ring (bicyclic) bond motifs is 2. The summed E-state index contributed by atoms with van der Waals surface area (Å²) in [6, 6.07) is 8.89. The van der Waals surface area contributed by atoms with Crippen LogP contribution in [-0.2, 0) is 24.1 Å². The zero-order valence-corrected chi connectivity index (χ0v) is 21.7. The number of nitrogens with zero attached hydrogens (tertiary/aromatic N) is 3. The second kappa shape index (κ2) is 13.9. The molecule has 0 aliphatic carbocycles. The number of carbonyl (C=O) groups excluding carboxylic acids is 1. The highest BCUT2D eigenvalue weighted by Crippen LogP contribution is 2.36. The minimum atomic E-state index is 0. The summed E-state index contributed by atoms with van der Waals surface area (Å²) in [5.74, 6) is 1.83. The van der Waals surface area contributed by atoms with Gasteiger partial charge in [0.2, 0.25) is 12.7 Å². The molecule has 1 amide bonds. The second-order valence-corrected chi connectivity index (χ2v) is 9.22. The number of rotatable bonds is 7. The lowest BCUT2D eigenvalue weighted by Gasteiger charge is -2.37. The summed E-state index contributed by atoms with van der Waals surface area (Å²) in [6.45, 7) is 4.24. The standard InChI is InChI=1S/C26H33N3O3.2ClH.H2O/c30-26-18-22-17-25-24(31-19-32-25)16-21(22)8-14-29(26)15-9-23-5-1-2-12-28(23)13-3-4-20-6-10-27-11-7-20;;;/h6-7,10-11,16-17,23H,1-5,8-9,12-15,18-19H2;2*1H;1H2. The van der Waals surface area contributed by atoms with Crippen molar-refractivity contribution in [3.05, 3.63) is 53.3 Å². The van der Waals surface area contributed by atoms with Crippen LogP contribution in [0.25, 0.3) is 0 Å². The maximum atomic E-state index is 13.0. The smallest absolute Gasteiger partial charge is 0.231 e. The van der Waals surface area contributed by atoms with Crippen molar-refractivity contribution in [1.82, 2.24) is 14.8 Å². The molecule has 0 bridgehead atoms. The predicted octanol–water partition coefficient (Wildman–Crippen LogP) is 3.63. The van der Waals surface area contributed by atoms with E-state index >= 15 is 0 Å². The van der Waals surface area contributed by atoms with Crippen LogP contribution in [0.15, 0.2) is 36.7 Å². The van der Waals surface area contributed by atoms with Crippen LogP contribution in [0.3, 0.4) is 0 Å². The highest BCUT2D eigenvalue weighted by atomic mass is 35.5. The first kappa shape index (κ1) is 29.2. The number of hydrogen-bond donors (Lipinski definition) is 0. The van der Waals surface area contributed by atoms with Gasteiger partial charge in [-0.2, -0.15) is 0 Å². The number of ether oxygens (including phenoxy) is 2. The van der Waals surface area contributed by atoms with E-state index in [1.807, 2.05) is 18.5 Å². The van der Waals surface area contributed by atoms with Gasteiger partial charge in [0.05, 0.1) is 6.42 Å². The van der Waals surface area contributed by atoms with E-state index in [0.29, 0.717) is 12.5 Å². The van der Waals surface area contributed by atoms with Gasteiger partial charge in [-0.15, -0.1) is 24.8 Å². The van der Waals surface area contributed by atoms with Gasteiger partial charge in [0.25, 0.3) is 0 Å². The van der Waals surface area contributed by atoms with Crippen molar-refractivity contribution in [2.45, 2.75) is 57.4 Å². The summed E-state index contributed by atoms with van der Waals surface area (Å²) in [7, 11) is 0. The van der Waals surface area contributed by atoms with Gasteiger partial charge in [-0.05, 0) is 92.6 Å². The van der Waals surface area contributed by atoms with Crippen LogP contribution in [0.5, 0.6) is 11.5 Å². The zero-order chi connectivity index (χ0) is 21.8. The third kappa shape index (κ3) is 7.23. The van der Waals surface area contributed by atoms with Crippen molar-refractivity contribution in [2.24, 2.45) is 0 Å². The lowest BCUT2D eigenvalue weighted by molar-refractivity contribution is -0.130. The molecule has 7 nitrogen and oxygen atoms in total. The third-order valence-corrected chi connectivity index (χ3v) is 7.18. The molecule has 1 unspecified atom stereocenters. The largest absolute Gasteiger partial charge is 0.454 e. The highest BCUT2D eigenvalue weighted by Gasteiger charge is 2.27. The summed E-state index contributed by atoms with van der Waals surface area (Å²) in [5.41, 5.74) is 3.68. The van der Waals surface area contributed by atoms with E-state index in [1.54, 1.807) is 0 Å². The Labute approximate surface area is 220 Å². The molecule has 1 saturated heterocycles. The van der Waals surface area contributed by atoms with Gasteiger partial charge in [0.15, 0.2) is 11.5 Å². The van der Waals surface area contributed by atoms with E-state index < -0.39 is 0 Å². The van der Waals surface area contributed by atoms with E-state index in [1.165, 1.54) is 43.4 Å². The molecule has 0 saturated carbocycles. The fourth-order valence-corrected chi connectivity index (χ4v) is 5.34. The molecule has 2 aromatic rings. The fraction of sp³-hybridized carbons (Fsp3) is 0.538. The van der Waals surface area contributed by atoms with Gasteiger partial charge in [0.1, 0.15) is 0 Å². The van der Waals surface area contributed by atoms with Crippen LogP contribution >= 0.6 is 24.8 Å². The number of aromatic nitrogens is 1. The Morgan fingerprint density at radius 3 is 2.49 bits per heavy atom. The first-order valence-electron chi connectivity index (χ1n) is 12.1. The van der Waals surface area contributed by atoms with Gasteiger partial charge >= 0.3 is 0 Å². The molecule has 1 atom stereocenters. The van der Waals surface area contributed by atoms with Crippen LogP contribution in [0.1, 0.15) is 48.8 Å². The predicted molar refractivity (Wildman–Crippen MR) is 141 cm³/mol. The highest BCUT2D eigenvalue weighted by molar-refractivity contribution is 5.85. The average Bonchev–Trinajstić information content (AvgIpc) is 3.21. The molecule has 3 aliphatic rings. The van der Waals surface area contributed by atoms with Crippen molar-refractivity contribution >= 4 is 30.7 Å². The van der Waals surface area contributed by atoms with Crippen molar-refractivity contribution in [1.29, 1.82) is 0 Å². The summed E-state index contributed by atoms with van der Waals surface area (Å²) in [6.07, 6.45) is 12.3. The maximum Gasteiger partial charge on any atom is 0.231 e. The van der Waals surface area contributed by atoms with Crippen LogP contribution in [0, 0.1) is 0 Å². The third-order valence-electron chi connectivity index (χ3n) is 7.18. The average molecular weight is 527 g/mol. The molecule has 4 heterocycles. The molecule has 35 heavy (non-hydrogen) atoms. The minimum Gasteiger partial charge on any atom is -0.454 e. The number of pyridine rings is 1. The van der Waals surface area contributed by atoms with Crippen LogP contribution < -0.4 is 9.47 Å². The Hall–Kier alpha value is -2.06. The van der Waals surface area contributed by atoms with Crippen LogP contribution in [0.4, 0.5) is 0 Å². The SMILES string of the molecule is Cl.Cl.O.O=C1Cc2cc3c(cc2CCN1CCC1CCCCN1CCCc1ccncc1)OCO3. The Kier molecular flexibility index (Phi) is 11.6. The van der Waals surface area contributed by atoms with E-state index in [0.717, 1.165) is 56.0 Å². The quantitative estimate of drug-likeness (QED) is 0.550. The first-order chi connectivity index (χ1) is 15.8. The number of carbonyl (C=O) groups is 1. The molecular formula is C26H37Cl2N3O4. The lowest BCUT2D eigenvalue weighted by Crippen LogP contribution is -2.43. The van der Waals surface area contributed by atoms with Gasteiger partial charge < -0.3 is 24.7 Å². The lowest BCUT2D eigenvalue weighted by atomic mass is 9.98. The second-order valence-electron chi connectivity index (χ2n) is 9.22. The molecule has 0 spiro atoms. The topological polar surface area (TPSA) is 86.4 Å². The van der Waals surface area contributed by atoms with Crippen molar-refractivity contribution < 1.29 is 19.7 Å². The molecule has 1 fully saturated rings. The summed E-state index contributed by atoms with van der Waals surface area (Å²) in [4.78, 5) is 21.9. The van der Waals surface area contributed by atoms with Gasteiger partial charge in [-0.3, -0.25) is 9.78 Å². The maximum absolute atomic E-state index is 13.0. The number of hydrogen-bond acceptors (Lipinski definition) is 5. The minimum absolute atomic E-state index is 0. The molecule has 1 aromatic heterocycles. The van der Waals surface area contributed by atoms with Gasteiger partial charge in [0, 0.05) is 31.5 Å². The number of aryl methyl sites for hydroxylation is 1. The van der Waals surface area contributed by atoms with E-state index in [4.69, 9.17) is 9.47 Å². The fourth-order valence-electron chi connectivity index (χ4n) is 5.34. The number of amides is 1. The molecule has 0 radical (unpaired) electrons. The first-order valence-corrected chi connectivity index (χ1v) is 12.1. The normalized spacial score (nSPS) is 19.0. The molecule has 9 heteroatoms. The van der Waals surface area contributed by atoms with E-state index in [-0.39, 0.29) is 43.0 Å². The Balaban J connectivity index is 0.00000144. The molecule has 194 valence electrons. The molecular weight excluding hydrogens is 489 g/mol. The zero-order valence-electron chi connectivity index (χ0n) is 20.1. The van der Waals surface area contributed by atoms with Crippen molar-refractivity contribution in [3.8, 4) is 11.5 Å². The molecule has 3 aliphatic heterocycles. The van der Waals surface area contributed by atoms with Gasteiger partial charge in [-0.1, -0.05) is 6.42 Å². The van der Waals surface area contributed by atoms with E-state index in [2.05, 4.69) is 33.0 Å². The molecule has 2 N–H and O–H groups in total. The Morgan fingerprint density at radius 2 is 1.71 bits per heavy atom. The Morgan fingerprint density at radius 1 is 0.971 bits per heavy atom. The number of benzene rings is 1. The summed E-state index contributed by atoms with van der Waals surface area (Å²) < 4.78 is 11.0. The summed E-state index contributed by atoms with van der Waals surface area (Å²) in [5, 5.41) is 0. The van der Waals surface area contributed by atoms with E-state index in [9.17, 15) is 4.79 Å². The van der Waals surface area contributed by atoms with Crippen LogP contribution in [-0.4, -0.2) is 65.2 Å². The van der Waals surface area contributed by atoms with Gasteiger partial charge in [-0.25, -0.2) is 0 Å². The number of likely N-dealkylation sites (tertiary alicyclic amines) is 1. The number of piperidine rings is 1. The number of halogens is 2. The van der Waals surface area contributed by atoms with Crippen LogP contribution in [0.2, 0.25) is 0 Å². The monoisotopic (exact) mass is 525 g/mol. The summed E-state index contributed by atoms with van der Waals surface area (Å²) >= 11 is 0. The molecule has 5 rings (SSSR count). The van der Waals surface area contributed by atoms with Crippen molar-refractivity contribution in [2.75, 3.05) is 33.0 Å². The molecule has 1 aromatic carbocycles. The van der Waals surface area contributed by atoms with Crippen molar-refractivity contribution in [3.63, 3.8) is 0 Å². The Bertz CT molecular complexity index is 948.